The minimum absolute atomic E-state index is 0.300. The van der Waals surface area contributed by atoms with Gasteiger partial charge in [-0.2, -0.15) is 15.6 Å². The molecule has 0 spiro atoms. The summed E-state index contributed by atoms with van der Waals surface area (Å²) in [4.78, 5) is 4.81. The van der Waals surface area contributed by atoms with E-state index in [0.717, 1.165) is 0 Å². The zero-order valence-electron chi connectivity index (χ0n) is 9.32. The van der Waals surface area contributed by atoms with E-state index in [0.29, 0.717) is 37.7 Å². The van der Waals surface area contributed by atoms with Crippen LogP contribution < -0.4 is 0 Å². The van der Waals surface area contributed by atoms with E-state index in [1.807, 2.05) is 13.0 Å². The maximum Gasteiger partial charge on any atom is 0.138 e. The van der Waals surface area contributed by atoms with Crippen molar-refractivity contribution in [2.45, 2.75) is 13.3 Å². The minimum atomic E-state index is -0.906. The summed E-state index contributed by atoms with van der Waals surface area (Å²) >= 11 is 0. The molecular weight excluding hydrogens is 270 g/mol. The van der Waals surface area contributed by atoms with Gasteiger partial charge in [0.15, 0.2) is 0 Å². The summed E-state index contributed by atoms with van der Waals surface area (Å²) in [6.45, 7) is 1.86. The zero-order chi connectivity index (χ0) is 13.1. The van der Waals surface area contributed by atoms with E-state index in [1.165, 1.54) is 17.3 Å². The number of rotatable bonds is 2. The van der Waals surface area contributed by atoms with Gasteiger partial charge >= 0.3 is 0 Å². The summed E-state index contributed by atoms with van der Waals surface area (Å²) < 4.78 is 12.6. The Morgan fingerprint density at radius 2 is 2.28 bits per heavy atom. The summed E-state index contributed by atoms with van der Waals surface area (Å²) in [5.41, 5.74) is 0.757. The Morgan fingerprint density at radius 1 is 1.50 bits per heavy atom. The molecule has 8 heteroatoms. The van der Waals surface area contributed by atoms with E-state index in [2.05, 4.69) is 16.2 Å². The molecule has 0 amide bonds. The highest BCUT2D eigenvalue weighted by atomic mass is 32.8. The fourth-order valence-electron chi connectivity index (χ4n) is 1.68. The van der Waals surface area contributed by atoms with E-state index < -0.39 is 9.45 Å². The lowest BCUT2D eigenvalue weighted by Gasteiger charge is -2.01. The smallest absolute Gasteiger partial charge is 0.138 e. The summed E-state index contributed by atoms with van der Waals surface area (Å²) in [7, 11) is -0.562. The lowest BCUT2D eigenvalue weighted by Crippen LogP contribution is -2.00. The van der Waals surface area contributed by atoms with Gasteiger partial charge in [-0.1, -0.05) is 6.92 Å². The van der Waals surface area contributed by atoms with Crippen LogP contribution in [0.25, 0.3) is 5.70 Å². The van der Waals surface area contributed by atoms with Crippen molar-refractivity contribution in [3.63, 3.8) is 0 Å². The van der Waals surface area contributed by atoms with Crippen molar-refractivity contribution in [3.05, 3.63) is 28.0 Å². The van der Waals surface area contributed by atoms with Gasteiger partial charge < -0.3 is 0 Å². The van der Waals surface area contributed by atoms with Crippen molar-refractivity contribution in [2.75, 3.05) is 0 Å². The molecule has 0 N–H and O–H groups in total. The molecule has 1 aliphatic rings. The largest absolute Gasteiger partial charge is 0.223 e. The molecule has 2 rings (SSSR count). The monoisotopic (exact) mass is 277 g/mol. The van der Waals surface area contributed by atoms with Gasteiger partial charge in [-0.3, -0.25) is 0 Å². The summed E-state index contributed by atoms with van der Waals surface area (Å²) in [6.07, 6.45) is 3.30. The van der Waals surface area contributed by atoms with Crippen molar-refractivity contribution in [2.24, 2.45) is 0 Å². The van der Waals surface area contributed by atoms with Crippen LogP contribution in [-0.2, 0) is 19.7 Å². The van der Waals surface area contributed by atoms with Gasteiger partial charge in [0.05, 0.1) is 5.57 Å². The second-order valence-electron chi connectivity index (χ2n) is 3.23. The molecule has 0 fully saturated rings. The van der Waals surface area contributed by atoms with Crippen LogP contribution in [0.1, 0.15) is 13.3 Å². The Kier molecular flexibility index (Phi) is 3.51. The van der Waals surface area contributed by atoms with Crippen molar-refractivity contribution in [1.29, 1.82) is 10.5 Å². The normalized spacial score (nSPS) is 18.7. The van der Waals surface area contributed by atoms with Gasteiger partial charge in [-0.15, -0.1) is 0 Å². The fourth-order valence-corrected chi connectivity index (χ4v) is 4.53. The molecule has 1 aliphatic heterocycles. The van der Waals surface area contributed by atoms with Crippen LogP contribution >= 0.6 is 0 Å². The summed E-state index contributed by atoms with van der Waals surface area (Å²) in [6, 6.07) is 4.09. The maximum absolute atomic E-state index is 11.2. The first-order valence-electron chi connectivity index (χ1n) is 4.96. The fraction of sp³-hybridized carbons (Fsp3) is 0.200. The second-order valence-corrected chi connectivity index (χ2v) is 6.21. The average Bonchev–Trinajstić information content (AvgIpc) is 3.01. The maximum atomic E-state index is 11.2. The molecule has 2 heterocycles. The van der Waals surface area contributed by atoms with Gasteiger partial charge in [0, 0.05) is 4.91 Å². The molecule has 0 aromatic carbocycles. The summed E-state index contributed by atoms with van der Waals surface area (Å²) in [5, 5.41) is 22.4. The number of hydrogen-bond donors (Lipinski definition) is 0. The Balaban J connectivity index is 2.81. The number of allylic oxidation sites excluding steroid dienone is 4. The quantitative estimate of drug-likeness (QED) is 0.801. The molecule has 0 radical (unpaired) electrons. The molecule has 1 atom stereocenters. The van der Waals surface area contributed by atoms with Crippen LogP contribution in [0.5, 0.6) is 0 Å². The highest BCUT2D eigenvalue weighted by Crippen LogP contribution is 2.36. The van der Waals surface area contributed by atoms with Gasteiger partial charge in [0.1, 0.15) is 45.6 Å². The van der Waals surface area contributed by atoms with Gasteiger partial charge in [0.2, 0.25) is 0 Å². The molecule has 0 saturated carbocycles. The van der Waals surface area contributed by atoms with E-state index in [4.69, 9.17) is 0 Å². The van der Waals surface area contributed by atoms with Gasteiger partial charge in [-0.05, 0) is 15.9 Å². The second kappa shape index (κ2) is 5.08. The Bertz CT molecular complexity index is 696. The molecule has 6 nitrogen and oxygen atoms in total. The van der Waals surface area contributed by atoms with Crippen LogP contribution in [0.3, 0.4) is 0 Å². The van der Waals surface area contributed by atoms with Crippen LogP contribution in [0, 0.1) is 22.7 Å². The molecule has 90 valence electrons. The highest BCUT2D eigenvalue weighted by molar-refractivity contribution is 8.35. The first kappa shape index (κ1) is 12.4. The molecule has 1 aromatic rings. The minimum Gasteiger partial charge on any atom is -0.223 e. The molecule has 18 heavy (non-hydrogen) atoms. The number of hydrogen-bond acceptors (Lipinski definition) is 5. The van der Waals surface area contributed by atoms with Gasteiger partial charge in [-0.25, -0.2) is 13.9 Å². The number of aromatic nitrogens is 3. The van der Waals surface area contributed by atoms with Crippen LogP contribution in [0.2, 0.25) is 0 Å². The topological polar surface area (TPSA) is 95.4 Å². The van der Waals surface area contributed by atoms with Crippen molar-refractivity contribution < 1.29 is 4.21 Å². The van der Waals surface area contributed by atoms with Gasteiger partial charge in [0.25, 0.3) is 0 Å². The zero-order valence-corrected chi connectivity index (χ0v) is 11.0. The Labute approximate surface area is 109 Å². The molecule has 0 aliphatic carbocycles. The Morgan fingerprint density at radius 3 is 2.72 bits per heavy atom. The van der Waals surface area contributed by atoms with E-state index >= 15 is 0 Å². The average molecular weight is 277 g/mol. The van der Waals surface area contributed by atoms with Crippen molar-refractivity contribution in [1.82, 2.24) is 14.8 Å². The molecular formula is C10H7N5OS2. The molecule has 0 saturated heterocycles. The predicted octanol–water partition coefficient (Wildman–Crippen LogP) is 0.918. The highest BCUT2D eigenvalue weighted by Gasteiger charge is 2.30. The number of nitriles is 2. The lowest BCUT2D eigenvalue weighted by molar-refractivity contribution is 0.701. The lowest BCUT2D eigenvalue weighted by atomic mass is 10.1. The molecule has 1 aromatic heterocycles. The Hall–Kier alpha value is -2.03. The third kappa shape index (κ3) is 1.72. The third-order valence-electron chi connectivity index (χ3n) is 2.39. The standard InChI is InChI=1S/C10H7N5OS2/c1-2-8-7(3-11)10(15-6-13-5-14-15)9(4-12)18(8)17-16/h5-6H,2H2,1H3. The van der Waals surface area contributed by atoms with Crippen molar-refractivity contribution in [3.8, 4) is 12.1 Å². The number of nitrogens with zero attached hydrogens (tertiary/aromatic N) is 5. The van der Waals surface area contributed by atoms with Crippen molar-refractivity contribution >= 4 is 25.4 Å². The third-order valence-corrected chi connectivity index (χ3v) is 5.63. The van der Waals surface area contributed by atoms with Crippen LogP contribution in [0.4, 0.5) is 0 Å². The van der Waals surface area contributed by atoms with Crippen LogP contribution in [0.15, 0.2) is 28.0 Å². The molecule has 0 bridgehead atoms. The first-order chi connectivity index (χ1) is 8.78. The molecule has 1 unspecified atom stereocenters. The summed E-state index contributed by atoms with van der Waals surface area (Å²) in [5.74, 6) is 0. The van der Waals surface area contributed by atoms with E-state index in [1.54, 1.807) is 0 Å². The van der Waals surface area contributed by atoms with E-state index in [-0.39, 0.29) is 0 Å². The SMILES string of the molecule is CCC1=C(C#N)C(n2cncn2)=C(C#N)S1=S=O. The first-order valence-corrected chi connectivity index (χ1v) is 7.44. The van der Waals surface area contributed by atoms with E-state index in [9.17, 15) is 14.7 Å². The predicted molar refractivity (Wildman–Crippen MR) is 67.3 cm³/mol. The van der Waals surface area contributed by atoms with Crippen LogP contribution in [-0.4, -0.2) is 19.0 Å².